The summed E-state index contributed by atoms with van der Waals surface area (Å²) < 4.78 is 0.312. The van der Waals surface area contributed by atoms with Crippen molar-refractivity contribution in [3.8, 4) is 0 Å². The summed E-state index contributed by atoms with van der Waals surface area (Å²) in [5.41, 5.74) is 8.43. The van der Waals surface area contributed by atoms with E-state index in [0.717, 1.165) is 18.7 Å². The minimum atomic E-state index is 0.312. The summed E-state index contributed by atoms with van der Waals surface area (Å²) in [6.07, 6.45) is 1.97. The molecule has 0 saturated carbocycles. The van der Waals surface area contributed by atoms with E-state index in [1.54, 1.807) is 0 Å². The van der Waals surface area contributed by atoms with Crippen LogP contribution in [0.1, 0.15) is 22.9 Å². The minimum absolute atomic E-state index is 0.312. The molecule has 86 valence electrons. The van der Waals surface area contributed by atoms with Gasteiger partial charge in [0, 0.05) is 5.92 Å². The molecule has 0 atom stereocenters. The smallest absolute Gasteiger partial charge is 0.224 e. The van der Waals surface area contributed by atoms with Crippen LogP contribution in [0.2, 0.25) is 0 Å². The lowest BCUT2D eigenvalue weighted by molar-refractivity contribution is 0.674. The molecule has 1 aliphatic carbocycles. The van der Waals surface area contributed by atoms with Crippen molar-refractivity contribution in [2.24, 2.45) is 0 Å². The van der Waals surface area contributed by atoms with E-state index >= 15 is 0 Å². The molecule has 4 nitrogen and oxygen atoms in total. The summed E-state index contributed by atoms with van der Waals surface area (Å²) in [5.74, 6) is 1.52. The molecule has 0 fully saturated rings. The van der Waals surface area contributed by atoms with Crippen LogP contribution in [-0.2, 0) is 12.8 Å². The average molecular weight is 244 g/mol. The van der Waals surface area contributed by atoms with E-state index in [1.807, 2.05) is 0 Å². The van der Waals surface area contributed by atoms with Crippen molar-refractivity contribution in [2.75, 3.05) is 5.73 Å². The lowest BCUT2D eigenvalue weighted by Crippen LogP contribution is -2.08. The summed E-state index contributed by atoms with van der Waals surface area (Å²) in [5, 5.41) is 0. The first-order valence-corrected chi connectivity index (χ1v) is 5.94. The second-order valence-electron chi connectivity index (χ2n) is 4.28. The number of nitrogens with one attached hydrogen (secondary N) is 1. The fourth-order valence-corrected chi connectivity index (χ4v) is 2.56. The Labute approximate surface area is 104 Å². The maximum atomic E-state index is 5.66. The van der Waals surface area contributed by atoms with Crippen LogP contribution in [0, 0.1) is 4.77 Å². The topological polar surface area (TPSA) is 67.6 Å². The molecule has 3 N–H and O–H groups in total. The molecule has 5 heteroatoms. The van der Waals surface area contributed by atoms with Crippen molar-refractivity contribution in [2.45, 2.75) is 18.8 Å². The molecule has 0 unspecified atom stereocenters. The van der Waals surface area contributed by atoms with Crippen molar-refractivity contribution in [3.63, 3.8) is 0 Å². The third kappa shape index (κ3) is 1.93. The average Bonchev–Trinajstić information content (AvgIpc) is 2.71. The van der Waals surface area contributed by atoms with Crippen LogP contribution in [0.4, 0.5) is 5.95 Å². The van der Waals surface area contributed by atoms with E-state index < -0.39 is 0 Å². The molecule has 0 saturated heterocycles. The summed E-state index contributed by atoms with van der Waals surface area (Å²) in [6.45, 7) is 0. The molecular weight excluding hydrogens is 232 g/mol. The van der Waals surface area contributed by atoms with E-state index in [-0.39, 0.29) is 0 Å². The van der Waals surface area contributed by atoms with Gasteiger partial charge in [-0.2, -0.15) is 4.98 Å². The molecule has 0 radical (unpaired) electrons. The van der Waals surface area contributed by atoms with E-state index in [0.29, 0.717) is 16.6 Å². The van der Waals surface area contributed by atoms with Gasteiger partial charge in [0.2, 0.25) is 10.7 Å². The van der Waals surface area contributed by atoms with Crippen LogP contribution in [-0.4, -0.2) is 15.0 Å². The maximum absolute atomic E-state index is 5.66. The number of nitrogens with two attached hydrogens (primary N) is 1. The first-order chi connectivity index (χ1) is 8.22. The normalized spacial score (nSPS) is 14.8. The number of aromatic nitrogens is 3. The Morgan fingerprint density at radius 1 is 1.18 bits per heavy atom. The second-order valence-corrected chi connectivity index (χ2v) is 4.64. The van der Waals surface area contributed by atoms with Crippen LogP contribution in [0.15, 0.2) is 24.3 Å². The Hall–Kier alpha value is -1.75. The van der Waals surface area contributed by atoms with Gasteiger partial charge in [0.15, 0.2) is 0 Å². The number of anilines is 1. The summed E-state index contributed by atoms with van der Waals surface area (Å²) >= 11 is 4.99. The zero-order valence-corrected chi connectivity index (χ0v) is 10.00. The highest BCUT2D eigenvalue weighted by molar-refractivity contribution is 7.71. The zero-order chi connectivity index (χ0) is 11.8. The Bertz CT molecular complexity index is 595. The number of H-pyrrole nitrogens is 1. The molecule has 1 heterocycles. The Balaban J connectivity index is 1.96. The van der Waals surface area contributed by atoms with Crippen LogP contribution >= 0.6 is 12.2 Å². The van der Waals surface area contributed by atoms with Crippen molar-refractivity contribution < 1.29 is 0 Å². The van der Waals surface area contributed by atoms with E-state index in [9.17, 15) is 0 Å². The number of aromatic amines is 1. The van der Waals surface area contributed by atoms with Crippen LogP contribution in [0.5, 0.6) is 0 Å². The number of rotatable bonds is 1. The number of nitrogens with zero attached hydrogens (tertiary/aromatic N) is 2. The summed E-state index contributed by atoms with van der Waals surface area (Å²) in [4.78, 5) is 11.2. The SMILES string of the molecule is Nc1nc(=S)nc(C2Cc3ccccc3C2)[nH]1. The first-order valence-electron chi connectivity index (χ1n) is 5.53. The van der Waals surface area contributed by atoms with Gasteiger partial charge in [-0.05, 0) is 36.2 Å². The van der Waals surface area contributed by atoms with Gasteiger partial charge in [-0.15, -0.1) is 0 Å². The number of benzene rings is 1. The van der Waals surface area contributed by atoms with Crippen molar-refractivity contribution in [1.82, 2.24) is 15.0 Å². The Morgan fingerprint density at radius 3 is 2.41 bits per heavy atom. The fraction of sp³-hybridized carbons (Fsp3) is 0.250. The lowest BCUT2D eigenvalue weighted by atomic mass is 10.1. The monoisotopic (exact) mass is 244 g/mol. The molecule has 1 aromatic heterocycles. The predicted molar refractivity (Wildman–Crippen MR) is 68.2 cm³/mol. The van der Waals surface area contributed by atoms with Crippen LogP contribution in [0.25, 0.3) is 0 Å². The van der Waals surface area contributed by atoms with Gasteiger partial charge in [-0.3, -0.25) is 0 Å². The second kappa shape index (κ2) is 3.92. The van der Waals surface area contributed by atoms with E-state index in [2.05, 4.69) is 39.2 Å². The highest BCUT2D eigenvalue weighted by atomic mass is 32.1. The highest BCUT2D eigenvalue weighted by Crippen LogP contribution is 2.31. The molecule has 17 heavy (non-hydrogen) atoms. The standard InChI is InChI=1S/C12H12N4S/c13-11-14-10(15-12(17)16-11)9-5-7-3-1-2-4-8(7)6-9/h1-4,9H,5-6H2,(H3,13,14,15,16,17). The first kappa shape index (κ1) is 10.4. The molecule has 1 aliphatic rings. The van der Waals surface area contributed by atoms with Gasteiger partial charge < -0.3 is 10.7 Å². The number of hydrogen-bond acceptors (Lipinski definition) is 4. The molecule has 1 aromatic carbocycles. The van der Waals surface area contributed by atoms with Gasteiger partial charge in [0.05, 0.1) is 0 Å². The molecule has 0 spiro atoms. The third-order valence-electron chi connectivity index (χ3n) is 3.13. The number of hydrogen-bond donors (Lipinski definition) is 2. The molecule has 0 bridgehead atoms. The Kier molecular flexibility index (Phi) is 2.40. The molecule has 3 rings (SSSR count). The predicted octanol–water partition coefficient (Wildman–Crippen LogP) is 2.00. The minimum Gasteiger partial charge on any atom is -0.369 e. The Morgan fingerprint density at radius 2 is 1.82 bits per heavy atom. The van der Waals surface area contributed by atoms with Gasteiger partial charge in [-0.1, -0.05) is 24.3 Å². The molecule has 0 aliphatic heterocycles. The van der Waals surface area contributed by atoms with Gasteiger partial charge in [0.25, 0.3) is 0 Å². The zero-order valence-electron chi connectivity index (χ0n) is 9.18. The van der Waals surface area contributed by atoms with E-state index in [1.165, 1.54) is 11.1 Å². The van der Waals surface area contributed by atoms with Gasteiger partial charge >= 0.3 is 0 Å². The highest BCUT2D eigenvalue weighted by Gasteiger charge is 2.24. The van der Waals surface area contributed by atoms with Crippen LogP contribution < -0.4 is 5.73 Å². The van der Waals surface area contributed by atoms with Crippen molar-refractivity contribution in [3.05, 3.63) is 46.0 Å². The van der Waals surface area contributed by atoms with Crippen molar-refractivity contribution >= 4 is 18.2 Å². The largest absolute Gasteiger partial charge is 0.369 e. The van der Waals surface area contributed by atoms with Crippen LogP contribution in [0.3, 0.4) is 0 Å². The third-order valence-corrected chi connectivity index (χ3v) is 3.31. The fourth-order valence-electron chi connectivity index (χ4n) is 2.36. The lowest BCUT2D eigenvalue weighted by Gasteiger charge is -2.08. The molecular formula is C12H12N4S. The van der Waals surface area contributed by atoms with Gasteiger partial charge in [-0.25, -0.2) is 4.98 Å². The number of nitrogen functional groups attached to an aromatic ring is 1. The number of fused-ring (bicyclic) bond motifs is 1. The quantitative estimate of drug-likeness (QED) is 0.753. The summed E-state index contributed by atoms with van der Waals surface area (Å²) in [7, 11) is 0. The molecule has 0 amide bonds. The van der Waals surface area contributed by atoms with E-state index in [4.69, 9.17) is 18.0 Å². The van der Waals surface area contributed by atoms with Gasteiger partial charge in [0.1, 0.15) is 5.82 Å². The maximum Gasteiger partial charge on any atom is 0.224 e. The van der Waals surface area contributed by atoms with Crippen molar-refractivity contribution in [1.29, 1.82) is 0 Å². The molecule has 2 aromatic rings. The summed E-state index contributed by atoms with van der Waals surface area (Å²) in [6, 6.07) is 8.46.